The molecule has 2 saturated heterocycles. The molecular formula is C35H36F5N9O3. The molecule has 3 N–H and O–H groups in total. The minimum absolute atomic E-state index is 0.0368. The molecule has 274 valence electrons. The number of halogens is 5. The third kappa shape index (κ3) is 5.74. The van der Waals surface area contributed by atoms with Crippen LogP contribution in [-0.2, 0) is 0 Å². The highest BCUT2D eigenvalue weighted by molar-refractivity contribution is 6.02. The number of benzene rings is 1. The molecule has 3 aliphatic rings. The largest absolute Gasteiger partial charge is 0.483 e. The first-order valence-corrected chi connectivity index (χ1v) is 17.0. The van der Waals surface area contributed by atoms with Crippen LogP contribution in [0.5, 0.6) is 17.6 Å². The van der Waals surface area contributed by atoms with Crippen molar-refractivity contribution in [3.63, 3.8) is 0 Å². The van der Waals surface area contributed by atoms with Crippen LogP contribution < -0.4 is 24.8 Å². The van der Waals surface area contributed by atoms with Crippen molar-refractivity contribution in [2.75, 3.05) is 43.5 Å². The van der Waals surface area contributed by atoms with Crippen molar-refractivity contribution >= 4 is 33.4 Å². The van der Waals surface area contributed by atoms with Crippen molar-refractivity contribution in [1.82, 2.24) is 35.0 Å². The molecular weight excluding hydrogens is 689 g/mol. The van der Waals surface area contributed by atoms with Gasteiger partial charge < -0.3 is 24.8 Å². The van der Waals surface area contributed by atoms with Gasteiger partial charge in [-0.15, -0.1) is 0 Å². The summed E-state index contributed by atoms with van der Waals surface area (Å²) in [6.07, 6.45) is -0.816. The lowest BCUT2D eigenvalue weighted by atomic mass is 9.95. The van der Waals surface area contributed by atoms with E-state index >= 15 is 4.39 Å². The lowest BCUT2D eigenvalue weighted by molar-refractivity contribution is -0.153. The molecule has 1 aromatic carbocycles. The topological polar surface area (TPSA) is 140 Å². The number of fused-ring (bicyclic) bond motifs is 2. The zero-order valence-corrected chi connectivity index (χ0v) is 28.6. The Balaban J connectivity index is 1.34. The van der Waals surface area contributed by atoms with E-state index in [1.807, 2.05) is 24.8 Å². The molecule has 4 atom stereocenters. The third-order valence-corrected chi connectivity index (χ3v) is 10.4. The molecule has 0 unspecified atom stereocenters. The van der Waals surface area contributed by atoms with Crippen LogP contribution >= 0.6 is 0 Å². The van der Waals surface area contributed by atoms with Gasteiger partial charge in [-0.3, -0.25) is 10.00 Å². The molecule has 12 nitrogen and oxygen atoms in total. The first kappa shape index (κ1) is 34.0. The fourth-order valence-corrected chi connectivity index (χ4v) is 8.04. The van der Waals surface area contributed by atoms with E-state index in [0.29, 0.717) is 35.4 Å². The summed E-state index contributed by atoms with van der Waals surface area (Å²) in [4.78, 5) is 22.3. The van der Waals surface area contributed by atoms with E-state index in [1.54, 1.807) is 25.3 Å². The lowest BCUT2D eigenvalue weighted by Gasteiger charge is -2.35. The van der Waals surface area contributed by atoms with Gasteiger partial charge in [0.2, 0.25) is 5.88 Å². The molecule has 52 heavy (non-hydrogen) atoms. The molecule has 0 aliphatic carbocycles. The third-order valence-electron chi connectivity index (χ3n) is 10.4. The molecule has 5 aromatic rings. The molecule has 2 fully saturated rings. The Labute approximate surface area is 294 Å². The van der Waals surface area contributed by atoms with Gasteiger partial charge in [0.25, 0.3) is 0 Å². The van der Waals surface area contributed by atoms with Crippen molar-refractivity contribution in [3.05, 3.63) is 47.5 Å². The van der Waals surface area contributed by atoms with Gasteiger partial charge >= 0.3 is 12.2 Å². The molecule has 17 heteroatoms. The predicted octanol–water partition coefficient (Wildman–Crippen LogP) is 6.24. The van der Waals surface area contributed by atoms with Crippen molar-refractivity contribution in [2.45, 2.75) is 70.0 Å². The summed E-state index contributed by atoms with van der Waals surface area (Å²) >= 11 is 0. The maximum atomic E-state index is 17.3. The number of aromatic nitrogens is 6. The first-order valence-electron chi connectivity index (χ1n) is 17.0. The van der Waals surface area contributed by atoms with E-state index in [9.17, 15) is 17.6 Å². The molecule has 3 aliphatic heterocycles. The zero-order chi connectivity index (χ0) is 36.5. The molecule has 4 aromatic heterocycles. The molecule has 7 heterocycles. The summed E-state index contributed by atoms with van der Waals surface area (Å²) in [6.45, 7) is 4.92. The second-order valence-electron chi connectivity index (χ2n) is 13.9. The van der Waals surface area contributed by atoms with Crippen LogP contribution in [0.1, 0.15) is 50.3 Å². The number of H-pyrrole nitrogens is 1. The number of nitrogens with one attached hydrogen (secondary N) is 1. The monoisotopic (exact) mass is 725 g/mol. The van der Waals surface area contributed by atoms with Gasteiger partial charge in [0, 0.05) is 30.1 Å². The average Bonchev–Trinajstić information content (AvgIpc) is 3.77. The second-order valence-corrected chi connectivity index (χ2v) is 13.9. The number of rotatable bonds is 8. The van der Waals surface area contributed by atoms with Crippen LogP contribution in [0.3, 0.4) is 0 Å². The number of aryl methyl sites for hydroxylation is 1. The van der Waals surface area contributed by atoms with Crippen LogP contribution in [-0.4, -0.2) is 91.9 Å². The van der Waals surface area contributed by atoms with Gasteiger partial charge in [-0.05, 0) is 57.9 Å². The Bertz CT molecular complexity index is 2180. The normalized spacial score (nSPS) is 22.4. The number of pyridine rings is 2. The van der Waals surface area contributed by atoms with Crippen molar-refractivity contribution in [2.24, 2.45) is 0 Å². The number of nitrogen functional groups attached to an aromatic ring is 1. The minimum atomic E-state index is -4.67. The Kier molecular flexibility index (Phi) is 8.23. The standard InChI is InChI=1S/C35H36F5N9O3/c1-17-10-23-22(12-43-47-23)24(29(17)51-16-35(38,39)40)27-26(37)28-25-31(46-33(45-28)52-15-34-7-5-9-48(34)13-20(36)11-34)49(18(2)14-50-32(25)44-27)19(3)21-6-4-8-42-30(21)41/h4,6,8,10,12,18-20H,5,7,9,11,13-16H2,1-3H3,(H2,41,42)(H,43,47)/t18-,19+,20+,34-/m0/s1. The van der Waals surface area contributed by atoms with E-state index in [1.165, 1.54) is 6.20 Å². The maximum Gasteiger partial charge on any atom is 0.422 e. The smallest absolute Gasteiger partial charge is 0.422 e. The van der Waals surface area contributed by atoms with Crippen LogP contribution in [0.4, 0.5) is 33.6 Å². The van der Waals surface area contributed by atoms with Crippen LogP contribution in [0.25, 0.3) is 33.1 Å². The molecule has 0 amide bonds. The van der Waals surface area contributed by atoms with Gasteiger partial charge in [0.1, 0.15) is 53.4 Å². The highest BCUT2D eigenvalue weighted by atomic mass is 19.4. The Morgan fingerprint density at radius 1 is 1.21 bits per heavy atom. The van der Waals surface area contributed by atoms with E-state index in [0.717, 1.165) is 19.4 Å². The number of alkyl halides is 4. The quantitative estimate of drug-likeness (QED) is 0.176. The summed E-state index contributed by atoms with van der Waals surface area (Å²) in [5, 5.41) is 7.26. The number of hydrogen-bond donors (Lipinski definition) is 2. The van der Waals surface area contributed by atoms with E-state index < -0.39 is 42.4 Å². The number of nitrogens with two attached hydrogens (primary N) is 1. The summed E-state index contributed by atoms with van der Waals surface area (Å²) in [5.74, 6) is -0.678. The number of ether oxygens (including phenoxy) is 3. The Morgan fingerprint density at radius 3 is 2.83 bits per heavy atom. The highest BCUT2D eigenvalue weighted by Gasteiger charge is 2.49. The fraction of sp³-hybridized carbons (Fsp3) is 0.457. The number of nitrogens with zero attached hydrogens (tertiary/aromatic N) is 7. The van der Waals surface area contributed by atoms with Crippen LogP contribution in [0, 0.1) is 12.7 Å². The van der Waals surface area contributed by atoms with E-state index in [-0.39, 0.29) is 64.2 Å². The fourth-order valence-electron chi connectivity index (χ4n) is 8.04. The van der Waals surface area contributed by atoms with Gasteiger partial charge in [-0.1, -0.05) is 6.07 Å². The van der Waals surface area contributed by atoms with E-state index in [4.69, 9.17) is 24.9 Å². The van der Waals surface area contributed by atoms with Crippen molar-refractivity contribution in [3.8, 4) is 28.9 Å². The van der Waals surface area contributed by atoms with Crippen molar-refractivity contribution in [1.29, 1.82) is 0 Å². The summed E-state index contributed by atoms with van der Waals surface area (Å²) in [5.41, 5.74) is 6.53. The van der Waals surface area contributed by atoms with Gasteiger partial charge in [-0.2, -0.15) is 28.2 Å². The molecule has 8 rings (SSSR count). The second kappa shape index (κ2) is 12.6. The number of aromatic amines is 1. The van der Waals surface area contributed by atoms with Gasteiger partial charge in [-0.25, -0.2) is 18.7 Å². The average molecular weight is 726 g/mol. The molecule has 0 bridgehead atoms. The zero-order valence-electron chi connectivity index (χ0n) is 28.6. The van der Waals surface area contributed by atoms with Gasteiger partial charge in [0.15, 0.2) is 12.4 Å². The summed E-state index contributed by atoms with van der Waals surface area (Å²) in [6, 6.07) is 4.15. The minimum Gasteiger partial charge on any atom is -0.483 e. The molecule has 0 spiro atoms. The maximum absolute atomic E-state index is 17.3. The first-order chi connectivity index (χ1) is 24.8. The van der Waals surface area contributed by atoms with Crippen molar-refractivity contribution < 1.29 is 36.2 Å². The lowest BCUT2D eigenvalue weighted by Crippen LogP contribution is -2.43. The number of hydrogen-bond acceptors (Lipinski definition) is 11. The molecule has 0 saturated carbocycles. The Hall–Kier alpha value is -5.06. The van der Waals surface area contributed by atoms with E-state index in [2.05, 4.69) is 30.0 Å². The molecule has 0 radical (unpaired) electrons. The SMILES string of the molecule is Cc1cc2[nH]ncc2c(-c2nc3c4c(nc(OC[C@@]56CCCN5C[C@H](F)C6)nc4c2F)N([C@H](C)c2cccnc2N)[C@@H](C)CO3)c1OCC(F)(F)F. The van der Waals surface area contributed by atoms with Gasteiger partial charge in [0.05, 0.1) is 34.9 Å². The highest BCUT2D eigenvalue weighted by Crippen LogP contribution is 2.47. The Morgan fingerprint density at radius 2 is 2.04 bits per heavy atom. The summed E-state index contributed by atoms with van der Waals surface area (Å²) in [7, 11) is 0. The summed E-state index contributed by atoms with van der Waals surface area (Å²) < 4.78 is 90.2. The predicted molar refractivity (Wildman–Crippen MR) is 182 cm³/mol. The van der Waals surface area contributed by atoms with Crippen LogP contribution in [0.15, 0.2) is 30.6 Å². The number of anilines is 2. The van der Waals surface area contributed by atoms with Crippen LogP contribution in [0.2, 0.25) is 0 Å².